The highest BCUT2D eigenvalue weighted by molar-refractivity contribution is 5.82. The van der Waals surface area contributed by atoms with Gasteiger partial charge < -0.3 is 15.7 Å². The molecule has 0 aromatic carbocycles. The van der Waals surface area contributed by atoms with Crippen molar-refractivity contribution in [1.82, 2.24) is 15.5 Å². The van der Waals surface area contributed by atoms with Gasteiger partial charge in [0.15, 0.2) is 0 Å². The fourth-order valence-electron chi connectivity index (χ4n) is 2.01. The molecule has 0 fully saturated rings. The maximum Gasteiger partial charge on any atom is 0.327 e. The Morgan fingerprint density at radius 3 is 2.05 bits per heavy atom. The second-order valence-electron chi connectivity index (χ2n) is 5.22. The molecule has 0 saturated heterocycles. The molecule has 0 aromatic rings. The molecule has 0 aliphatic heterocycles. The summed E-state index contributed by atoms with van der Waals surface area (Å²) in [4.78, 5) is 24.1. The van der Waals surface area contributed by atoms with E-state index in [1.54, 1.807) is 0 Å². The zero-order valence-corrected chi connectivity index (χ0v) is 12.6. The average molecular weight is 273 g/mol. The number of aliphatic carboxylic acids is 1. The summed E-state index contributed by atoms with van der Waals surface area (Å²) >= 11 is 0. The fourth-order valence-corrected chi connectivity index (χ4v) is 2.01. The molecule has 0 bridgehead atoms. The normalized spacial score (nSPS) is 13.1. The molecule has 0 heterocycles. The van der Waals surface area contributed by atoms with Crippen LogP contribution in [0.15, 0.2) is 0 Å². The second kappa shape index (κ2) is 8.87. The topological polar surface area (TPSA) is 81.7 Å². The van der Waals surface area contributed by atoms with Crippen LogP contribution >= 0.6 is 0 Å². The number of carboxylic acids is 1. The van der Waals surface area contributed by atoms with Crippen molar-refractivity contribution in [3.05, 3.63) is 0 Å². The minimum atomic E-state index is -1.02. The molecule has 1 unspecified atom stereocenters. The fraction of sp³-hybridized carbons (Fsp3) is 0.846. The molecule has 0 saturated carbocycles. The summed E-state index contributed by atoms with van der Waals surface area (Å²) in [5.74, 6) is -1.35. The van der Waals surface area contributed by atoms with E-state index in [1.165, 1.54) is 6.92 Å². The number of nitrogens with one attached hydrogen (secondary N) is 2. The van der Waals surface area contributed by atoms with E-state index in [0.717, 1.165) is 6.54 Å². The van der Waals surface area contributed by atoms with E-state index in [-0.39, 0.29) is 12.5 Å². The molecule has 112 valence electrons. The van der Waals surface area contributed by atoms with Crippen LogP contribution in [0.25, 0.3) is 0 Å². The molecule has 0 aromatic heterocycles. The van der Waals surface area contributed by atoms with Crippen molar-refractivity contribution in [3.8, 4) is 0 Å². The van der Waals surface area contributed by atoms with E-state index in [9.17, 15) is 9.59 Å². The second-order valence-corrected chi connectivity index (χ2v) is 5.22. The van der Waals surface area contributed by atoms with Crippen LogP contribution < -0.4 is 10.6 Å². The Balaban J connectivity index is 4.05. The number of carbonyl (C=O) groups is 2. The van der Waals surface area contributed by atoms with Gasteiger partial charge in [-0.3, -0.25) is 9.69 Å². The summed E-state index contributed by atoms with van der Waals surface area (Å²) in [6, 6.07) is 0.0314. The summed E-state index contributed by atoms with van der Waals surface area (Å²) in [5.41, 5.74) is 0. The van der Waals surface area contributed by atoms with Crippen molar-refractivity contribution < 1.29 is 14.7 Å². The molecule has 1 amide bonds. The van der Waals surface area contributed by atoms with Gasteiger partial charge in [-0.25, -0.2) is 4.79 Å². The van der Waals surface area contributed by atoms with Crippen LogP contribution in [0.1, 0.15) is 34.6 Å². The molecular weight excluding hydrogens is 246 g/mol. The van der Waals surface area contributed by atoms with Crippen LogP contribution in [0, 0.1) is 0 Å². The first-order chi connectivity index (χ1) is 8.75. The maximum absolute atomic E-state index is 10.9. The van der Waals surface area contributed by atoms with Crippen LogP contribution in [0.5, 0.6) is 0 Å². The summed E-state index contributed by atoms with van der Waals surface area (Å²) in [5, 5.41) is 14.4. The van der Waals surface area contributed by atoms with Crippen molar-refractivity contribution in [1.29, 1.82) is 0 Å². The quantitative estimate of drug-likeness (QED) is 0.526. The van der Waals surface area contributed by atoms with Gasteiger partial charge in [0.25, 0.3) is 0 Å². The number of hydrogen-bond acceptors (Lipinski definition) is 4. The third kappa shape index (κ3) is 7.79. The van der Waals surface area contributed by atoms with Gasteiger partial charge in [0.05, 0.1) is 0 Å². The molecule has 0 aliphatic carbocycles. The van der Waals surface area contributed by atoms with E-state index in [4.69, 9.17) is 5.11 Å². The van der Waals surface area contributed by atoms with Gasteiger partial charge in [-0.1, -0.05) is 0 Å². The summed E-state index contributed by atoms with van der Waals surface area (Å²) < 4.78 is 0. The Morgan fingerprint density at radius 2 is 1.68 bits per heavy atom. The third-order valence-electron chi connectivity index (χ3n) is 2.90. The standard InChI is InChI=1S/C13H27N3O3/c1-9(2)16(10(3)4)7-6-14-8-12(13(18)19)15-11(5)17/h9-10,12,14H,6-8H2,1-5H3,(H,15,17)(H,18,19). The summed E-state index contributed by atoms with van der Waals surface area (Å²) in [6.45, 7) is 11.6. The smallest absolute Gasteiger partial charge is 0.327 e. The number of amides is 1. The lowest BCUT2D eigenvalue weighted by atomic mass is 10.2. The van der Waals surface area contributed by atoms with Gasteiger partial charge in [0, 0.05) is 38.6 Å². The lowest BCUT2D eigenvalue weighted by Crippen LogP contribution is -2.48. The van der Waals surface area contributed by atoms with E-state index < -0.39 is 12.0 Å². The van der Waals surface area contributed by atoms with Gasteiger partial charge in [-0.2, -0.15) is 0 Å². The number of hydrogen-bond donors (Lipinski definition) is 3. The summed E-state index contributed by atoms with van der Waals surface area (Å²) in [6.07, 6.45) is 0. The van der Waals surface area contributed by atoms with E-state index >= 15 is 0 Å². The first-order valence-electron chi connectivity index (χ1n) is 6.72. The molecular formula is C13H27N3O3. The van der Waals surface area contributed by atoms with Gasteiger partial charge in [-0.15, -0.1) is 0 Å². The monoisotopic (exact) mass is 273 g/mol. The lowest BCUT2D eigenvalue weighted by Gasteiger charge is -2.30. The molecule has 6 heteroatoms. The van der Waals surface area contributed by atoms with Crippen LogP contribution in [0.4, 0.5) is 0 Å². The minimum Gasteiger partial charge on any atom is -0.480 e. The number of carboxylic acid groups (broad SMARTS) is 1. The molecule has 6 nitrogen and oxygen atoms in total. The molecule has 3 N–H and O–H groups in total. The van der Waals surface area contributed by atoms with Crippen molar-refractivity contribution in [2.45, 2.75) is 52.7 Å². The van der Waals surface area contributed by atoms with Crippen LogP contribution in [-0.2, 0) is 9.59 Å². The molecule has 0 aliphatic rings. The van der Waals surface area contributed by atoms with Gasteiger partial charge in [0.2, 0.25) is 5.91 Å². The van der Waals surface area contributed by atoms with Crippen molar-refractivity contribution >= 4 is 11.9 Å². The third-order valence-corrected chi connectivity index (χ3v) is 2.90. The van der Waals surface area contributed by atoms with E-state index in [0.29, 0.717) is 18.6 Å². The van der Waals surface area contributed by atoms with Crippen molar-refractivity contribution in [2.75, 3.05) is 19.6 Å². The SMILES string of the molecule is CC(=O)NC(CNCCN(C(C)C)C(C)C)C(=O)O. The largest absolute Gasteiger partial charge is 0.480 e. The Hall–Kier alpha value is -1.14. The molecule has 19 heavy (non-hydrogen) atoms. The Kier molecular flexibility index (Phi) is 8.34. The van der Waals surface area contributed by atoms with Crippen molar-refractivity contribution in [2.24, 2.45) is 0 Å². The van der Waals surface area contributed by atoms with E-state index in [2.05, 4.69) is 43.2 Å². The number of nitrogens with zero attached hydrogens (tertiary/aromatic N) is 1. The predicted molar refractivity (Wildman–Crippen MR) is 75.1 cm³/mol. The first kappa shape index (κ1) is 17.9. The van der Waals surface area contributed by atoms with Crippen LogP contribution in [0.3, 0.4) is 0 Å². The number of carbonyl (C=O) groups excluding carboxylic acids is 1. The number of rotatable bonds is 9. The zero-order valence-electron chi connectivity index (χ0n) is 12.6. The molecule has 1 atom stereocenters. The average Bonchev–Trinajstić information content (AvgIpc) is 2.25. The first-order valence-corrected chi connectivity index (χ1v) is 6.72. The predicted octanol–water partition coefficient (Wildman–Crippen LogP) is 0.284. The van der Waals surface area contributed by atoms with E-state index in [1.807, 2.05) is 0 Å². The molecule has 0 radical (unpaired) electrons. The van der Waals surface area contributed by atoms with Gasteiger partial charge in [0.1, 0.15) is 6.04 Å². The van der Waals surface area contributed by atoms with Gasteiger partial charge >= 0.3 is 5.97 Å². The van der Waals surface area contributed by atoms with Crippen LogP contribution in [-0.4, -0.2) is 59.6 Å². The Morgan fingerprint density at radius 1 is 1.16 bits per heavy atom. The molecule has 0 spiro atoms. The molecule has 0 rings (SSSR count). The highest BCUT2D eigenvalue weighted by atomic mass is 16.4. The Labute approximate surface area is 115 Å². The maximum atomic E-state index is 10.9. The zero-order chi connectivity index (χ0) is 15.0. The van der Waals surface area contributed by atoms with Crippen LogP contribution in [0.2, 0.25) is 0 Å². The lowest BCUT2D eigenvalue weighted by molar-refractivity contribution is -0.141. The van der Waals surface area contributed by atoms with Crippen molar-refractivity contribution in [3.63, 3.8) is 0 Å². The summed E-state index contributed by atoms with van der Waals surface area (Å²) in [7, 11) is 0. The van der Waals surface area contributed by atoms with Gasteiger partial charge in [-0.05, 0) is 27.7 Å². The highest BCUT2D eigenvalue weighted by Gasteiger charge is 2.18. The minimum absolute atomic E-state index is 0.235. The Bertz CT molecular complexity index is 285. The highest BCUT2D eigenvalue weighted by Crippen LogP contribution is 2.03.